The topological polar surface area (TPSA) is 53.9 Å². The molecule has 0 aliphatic heterocycles. The minimum absolute atomic E-state index is 0.00425. The van der Waals surface area contributed by atoms with Gasteiger partial charge in [0.05, 0.1) is 17.6 Å². The number of alkyl halides is 3. The van der Waals surface area contributed by atoms with Crippen molar-refractivity contribution in [2.24, 2.45) is 0 Å². The van der Waals surface area contributed by atoms with E-state index in [2.05, 4.69) is 5.32 Å². The Morgan fingerprint density at radius 1 is 1.20 bits per heavy atom. The zero-order chi connectivity index (χ0) is 19.2. The molecule has 0 saturated carbocycles. The van der Waals surface area contributed by atoms with Crippen LogP contribution in [0.15, 0.2) is 18.2 Å². The molecule has 5 nitrogen and oxygen atoms in total. The maximum atomic E-state index is 12.8. The molecule has 2 N–H and O–H groups in total. The first-order valence-corrected chi connectivity index (χ1v) is 8.21. The van der Waals surface area contributed by atoms with Gasteiger partial charge < -0.3 is 15.1 Å². The highest BCUT2D eigenvalue weighted by Crippen LogP contribution is 2.36. The van der Waals surface area contributed by atoms with Crippen molar-refractivity contribution in [2.75, 3.05) is 38.5 Å². The second-order valence-corrected chi connectivity index (χ2v) is 6.02. The van der Waals surface area contributed by atoms with Crippen LogP contribution in [0.4, 0.5) is 18.9 Å². The standard InChI is InChI=1S/C16H21ClF3N3O2/c1-4-23(5-2)15(25)10-22(3)9-14(24)21-11-6-7-13(17)12(8-11)16(18,19)20/h6-8H,4-5,9-10H2,1-3H3,(H,21,24)/p+1. The van der Waals surface area contributed by atoms with Crippen molar-refractivity contribution in [3.63, 3.8) is 0 Å². The molecule has 0 fully saturated rings. The zero-order valence-electron chi connectivity index (χ0n) is 14.3. The van der Waals surface area contributed by atoms with Gasteiger partial charge in [0.15, 0.2) is 13.1 Å². The number of benzene rings is 1. The first-order valence-electron chi connectivity index (χ1n) is 7.84. The molecule has 1 aromatic rings. The van der Waals surface area contributed by atoms with E-state index < -0.39 is 22.7 Å². The van der Waals surface area contributed by atoms with Gasteiger partial charge in [-0.15, -0.1) is 0 Å². The van der Waals surface area contributed by atoms with Crippen LogP contribution in [0, 0.1) is 0 Å². The number of carbonyl (C=O) groups excluding carboxylic acids is 2. The van der Waals surface area contributed by atoms with Gasteiger partial charge in [-0.1, -0.05) is 11.6 Å². The van der Waals surface area contributed by atoms with Crippen LogP contribution in [0.3, 0.4) is 0 Å². The Hall–Kier alpha value is -1.80. The number of nitrogens with one attached hydrogen (secondary N) is 2. The minimum Gasteiger partial charge on any atom is -0.338 e. The number of halogens is 4. The van der Waals surface area contributed by atoms with E-state index in [4.69, 9.17) is 11.6 Å². The second-order valence-electron chi connectivity index (χ2n) is 5.62. The van der Waals surface area contributed by atoms with Crippen LogP contribution in [-0.2, 0) is 15.8 Å². The lowest BCUT2D eigenvalue weighted by Gasteiger charge is -2.21. The van der Waals surface area contributed by atoms with Crippen molar-refractivity contribution in [1.82, 2.24) is 4.90 Å². The molecule has 0 heterocycles. The van der Waals surface area contributed by atoms with Crippen molar-refractivity contribution in [3.05, 3.63) is 28.8 Å². The number of likely N-dealkylation sites (N-methyl/N-ethyl adjacent to an activating group) is 2. The predicted octanol–water partition coefficient (Wildman–Crippen LogP) is 1.68. The van der Waals surface area contributed by atoms with Gasteiger partial charge in [0.1, 0.15) is 0 Å². The molecule has 1 aromatic carbocycles. The van der Waals surface area contributed by atoms with Gasteiger partial charge in [0, 0.05) is 18.8 Å². The molecule has 9 heteroatoms. The van der Waals surface area contributed by atoms with Gasteiger partial charge in [-0.3, -0.25) is 9.59 Å². The first-order chi connectivity index (χ1) is 11.6. The molecule has 0 aliphatic rings. The molecule has 1 rings (SSSR count). The summed E-state index contributed by atoms with van der Waals surface area (Å²) in [6.07, 6.45) is -4.60. The molecule has 25 heavy (non-hydrogen) atoms. The second kappa shape index (κ2) is 9.05. The normalized spacial score (nSPS) is 12.6. The Bertz CT molecular complexity index is 619. The summed E-state index contributed by atoms with van der Waals surface area (Å²) < 4.78 is 38.5. The van der Waals surface area contributed by atoms with Crippen molar-refractivity contribution in [2.45, 2.75) is 20.0 Å². The van der Waals surface area contributed by atoms with Crippen molar-refractivity contribution in [1.29, 1.82) is 0 Å². The van der Waals surface area contributed by atoms with Gasteiger partial charge >= 0.3 is 6.18 Å². The fraction of sp³-hybridized carbons (Fsp3) is 0.500. The third kappa shape index (κ3) is 6.55. The molecule has 2 amide bonds. The summed E-state index contributed by atoms with van der Waals surface area (Å²) in [7, 11) is 1.67. The zero-order valence-corrected chi connectivity index (χ0v) is 15.1. The molecule has 140 valence electrons. The Labute approximate surface area is 149 Å². The lowest BCUT2D eigenvalue weighted by atomic mass is 10.2. The van der Waals surface area contributed by atoms with Crippen LogP contribution in [0.25, 0.3) is 0 Å². The van der Waals surface area contributed by atoms with Crippen molar-refractivity contribution >= 4 is 29.1 Å². The van der Waals surface area contributed by atoms with Crippen LogP contribution in [0.2, 0.25) is 5.02 Å². The number of rotatable bonds is 7. The van der Waals surface area contributed by atoms with E-state index in [0.29, 0.717) is 18.0 Å². The fourth-order valence-corrected chi connectivity index (χ4v) is 2.53. The molecule has 1 unspecified atom stereocenters. The summed E-state index contributed by atoms with van der Waals surface area (Å²) in [5.74, 6) is -0.568. The summed E-state index contributed by atoms with van der Waals surface area (Å²) in [6.45, 7) is 4.98. The molecule has 1 atom stereocenters. The third-order valence-electron chi connectivity index (χ3n) is 3.59. The smallest absolute Gasteiger partial charge is 0.338 e. The first kappa shape index (κ1) is 21.2. The Morgan fingerprint density at radius 2 is 1.80 bits per heavy atom. The highest BCUT2D eigenvalue weighted by atomic mass is 35.5. The summed E-state index contributed by atoms with van der Waals surface area (Å²) in [5, 5.41) is 1.97. The predicted molar refractivity (Wildman–Crippen MR) is 89.6 cm³/mol. The van der Waals surface area contributed by atoms with Crippen LogP contribution < -0.4 is 10.2 Å². The average Bonchev–Trinajstić information content (AvgIpc) is 2.48. The van der Waals surface area contributed by atoms with Crippen LogP contribution >= 0.6 is 11.6 Å². The summed E-state index contributed by atoms with van der Waals surface area (Å²) in [5.41, 5.74) is -1.01. The van der Waals surface area contributed by atoms with E-state index in [1.54, 1.807) is 11.9 Å². The van der Waals surface area contributed by atoms with Gasteiger partial charge in [-0.25, -0.2) is 0 Å². The number of nitrogens with zero attached hydrogens (tertiary/aromatic N) is 1. The van der Waals surface area contributed by atoms with Gasteiger partial charge in [0.2, 0.25) is 0 Å². The number of carbonyl (C=O) groups is 2. The number of hydrogen-bond donors (Lipinski definition) is 2. The number of hydrogen-bond acceptors (Lipinski definition) is 2. The van der Waals surface area contributed by atoms with E-state index in [1.165, 1.54) is 6.07 Å². The molecular formula is C16H22ClF3N3O2+. The van der Waals surface area contributed by atoms with E-state index >= 15 is 0 Å². The van der Waals surface area contributed by atoms with E-state index in [1.807, 2.05) is 13.8 Å². The number of anilines is 1. The maximum absolute atomic E-state index is 12.8. The maximum Gasteiger partial charge on any atom is 0.417 e. The van der Waals surface area contributed by atoms with E-state index in [0.717, 1.165) is 12.1 Å². The lowest BCUT2D eigenvalue weighted by Crippen LogP contribution is -3.11. The third-order valence-corrected chi connectivity index (χ3v) is 3.92. The van der Waals surface area contributed by atoms with Gasteiger partial charge in [-0.05, 0) is 32.0 Å². The summed E-state index contributed by atoms with van der Waals surface area (Å²) >= 11 is 5.54. The fourth-order valence-electron chi connectivity index (χ4n) is 2.31. The van der Waals surface area contributed by atoms with Crippen molar-refractivity contribution in [3.8, 4) is 0 Å². The summed E-state index contributed by atoms with van der Waals surface area (Å²) in [4.78, 5) is 26.3. The highest BCUT2D eigenvalue weighted by molar-refractivity contribution is 6.31. The van der Waals surface area contributed by atoms with Crippen LogP contribution in [-0.4, -0.2) is 49.9 Å². The molecule has 0 aromatic heterocycles. The van der Waals surface area contributed by atoms with Crippen LogP contribution in [0.5, 0.6) is 0 Å². The number of amides is 2. The SMILES string of the molecule is CCN(CC)C(=O)C[NH+](C)CC(=O)Nc1ccc(Cl)c(C(F)(F)F)c1. The molecule has 0 radical (unpaired) electrons. The highest BCUT2D eigenvalue weighted by Gasteiger charge is 2.33. The minimum atomic E-state index is -4.60. The van der Waals surface area contributed by atoms with Crippen molar-refractivity contribution < 1.29 is 27.7 Å². The quantitative estimate of drug-likeness (QED) is 0.756. The lowest BCUT2D eigenvalue weighted by molar-refractivity contribution is -0.862. The Kier molecular flexibility index (Phi) is 7.69. The summed E-state index contributed by atoms with van der Waals surface area (Å²) in [6, 6.07) is 3.17. The Morgan fingerprint density at radius 3 is 2.32 bits per heavy atom. The monoisotopic (exact) mass is 380 g/mol. The Balaban J connectivity index is 2.67. The number of quaternary nitrogens is 1. The van der Waals surface area contributed by atoms with Gasteiger partial charge in [-0.2, -0.15) is 13.2 Å². The van der Waals surface area contributed by atoms with Gasteiger partial charge in [0.25, 0.3) is 11.8 Å². The molecule has 0 aliphatic carbocycles. The molecule has 0 bridgehead atoms. The van der Waals surface area contributed by atoms with Crippen LogP contribution in [0.1, 0.15) is 19.4 Å². The van der Waals surface area contributed by atoms with E-state index in [-0.39, 0.29) is 24.7 Å². The largest absolute Gasteiger partial charge is 0.417 e. The average molecular weight is 381 g/mol. The molecular weight excluding hydrogens is 359 g/mol. The molecule has 0 spiro atoms. The molecule has 0 saturated heterocycles. The van der Waals surface area contributed by atoms with E-state index in [9.17, 15) is 22.8 Å².